The van der Waals surface area contributed by atoms with Gasteiger partial charge in [-0.3, -0.25) is 4.90 Å². The third-order valence-electron chi connectivity index (χ3n) is 4.62. The first kappa shape index (κ1) is 14.8. The summed E-state index contributed by atoms with van der Waals surface area (Å²) in [6, 6.07) is 8.42. The Morgan fingerprint density at radius 1 is 1.38 bits per heavy atom. The third kappa shape index (κ3) is 2.91. The molecule has 3 rings (SSSR count). The van der Waals surface area contributed by atoms with E-state index >= 15 is 0 Å². The van der Waals surface area contributed by atoms with E-state index in [4.69, 9.17) is 22.3 Å². The van der Waals surface area contributed by atoms with Crippen molar-refractivity contribution >= 4 is 22.5 Å². The number of likely N-dealkylation sites (tertiary alicyclic amines) is 1. The van der Waals surface area contributed by atoms with Gasteiger partial charge in [0.25, 0.3) is 0 Å². The standard InChI is InChI=1S/C17H22ClN3/c1-11-7-8-21(9-14(11)19)10-16-17(18)12(2)13-5-3-4-6-15(13)20-16/h3-6,11,14H,7-10,19H2,1-2H3. The van der Waals surface area contributed by atoms with Crippen LogP contribution in [0.5, 0.6) is 0 Å². The second-order valence-corrected chi connectivity index (χ2v) is 6.56. The highest BCUT2D eigenvalue weighted by Gasteiger charge is 2.24. The predicted molar refractivity (Wildman–Crippen MR) is 88.5 cm³/mol. The highest BCUT2D eigenvalue weighted by atomic mass is 35.5. The van der Waals surface area contributed by atoms with Crippen molar-refractivity contribution in [3.8, 4) is 0 Å². The number of fused-ring (bicyclic) bond motifs is 1. The minimum Gasteiger partial charge on any atom is -0.326 e. The molecule has 0 bridgehead atoms. The van der Waals surface area contributed by atoms with Gasteiger partial charge in [0.15, 0.2) is 0 Å². The largest absolute Gasteiger partial charge is 0.326 e. The lowest BCUT2D eigenvalue weighted by atomic mass is 9.94. The molecule has 1 saturated heterocycles. The lowest BCUT2D eigenvalue weighted by Gasteiger charge is -2.35. The molecule has 1 aliphatic heterocycles. The first-order chi connectivity index (χ1) is 10.1. The molecule has 21 heavy (non-hydrogen) atoms. The van der Waals surface area contributed by atoms with Crippen LogP contribution in [0.15, 0.2) is 24.3 Å². The lowest BCUT2D eigenvalue weighted by molar-refractivity contribution is 0.161. The van der Waals surface area contributed by atoms with Crippen LogP contribution in [0.25, 0.3) is 10.9 Å². The van der Waals surface area contributed by atoms with Crippen LogP contribution in [0.1, 0.15) is 24.6 Å². The van der Waals surface area contributed by atoms with Gasteiger partial charge < -0.3 is 5.73 Å². The fourth-order valence-corrected chi connectivity index (χ4v) is 3.25. The van der Waals surface area contributed by atoms with E-state index in [-0.39, 0.29) is 6.04 Å². The van der Waals surface area contributed by atoms with Crippen molar-refractivity contribution in [3.05, 3.63) is 40.5 Å². The average Bonchev–Trinajstić information content (AvgIpc) is 2.48. The zero-order chi connectivity index (χ0) is 15.0. The fraction of sp³-hybridized carbons (Fsp3) is 0.471. The predicted octanol–water partition coefficient (Wildman–Crippen LogP) is 3.37. The van der Waals surface area contributed by atoms with Gasteiger partial charge in [-0.2, -0.15) is 0 Å². The van der Waals surface area contributed by atoms with Crippen LogP contribution in [0.3, 0.4) is 0 Å². The van der Waals surface area contributed by atoms with Crippen LogP contribution in [-0.2, 0) is 6.54 Å². The Morgan fingerprint density at radius 3 is 2.90 bits per heavy atom. The molecule has 2 heterocycles. The Hall–Kier alpha value is -1.16. The van der Waals surface area contributed by atoms with Crippen LogP contribution in [-0.4, -0.2) is 29.0 Å². The summed E-state index contributed by atoms with van der Waals surface area (Å²) in [4.78, 5) is 7.13. The van der Waals surface area contributed by atoms with Gasteiger partial charge in [-0.05, 0) is 37.4 Å². The van der Waals surface area contributed by atoms with Crippen LogP contribution < -0.4 is 5.73 Å². The number of rotatable bonds is 2. The molecule has 2 unspecified atom stereocenters. The monoisotopic (exact) mass is 303 g/mol. The zero-order valence-corrected chi connectivity index (χ0v) is 13.4. The van der Waals surface area contributed by atoms with Gasteiger partial charge in [-0.1, -0.05) is 36.7 Å². The van der Waals surface area contributed by atoms with Gasteiger partial charge in [0.05, 0.1) is 16.2 Å². The third-order valence-corrected chi connectivity index (χ3v) is 5.12. The first-order valence-corrected chi connectivity index (χ1v) is 7.95. The Labute approximate surface area is 131 Å². The van der Waals surface area contributed by atoms with E-state index in [1.807, 2.05) is 18.2 Å². The summed E-state index contributed by atoms with van der Waals surface area (Å²) in [5.41, 5.74) is 9.29. The Balaban J connectivity index is 1.89. The molecule has 0 amide bonds. The Kier molecular flexibility index (Phi) is 4.16. The number of aromatic nitrogens is 1. The van der Waals surface area contributed by atoms with Crippen molar-refractivity contribution in [2.45, 2.75) is 32.9 Å². The topological polar surface area (TPSA) is 42.1 Å². The molecule has 2 aromatic rings. The van der Waals surface area contributed by atoms with Crippen LogP contribution in [0.2, 0.25) is 5.02 Å². The summed E-state index contributed by atoms with van der Waals surface area (Å²) < 4.78 is 0. The van der Waals surface area contributed by atoms with Gasteiger partial charge in [0.1, 0.15) is 0 Å². The number of nitrogens with zero attached hydrogens (tertiary/aromatic N) is 2. The molecule has 2 N–H and O–H groups in total. The van der Waals surface area contributed by atoms with Crippen LogP contribution in [0.4, 0.5) is 0 Å². The molecular formula is C17H22ClN3. The number of hydrogen-bond acceptors (Lipinski definition) is 3. The van der Waals surface area contributed by atoms with Crippen LogP contribution >= 0.6 is 11.6 Å². The number of pyridine rings is 1. The minimum absolute atomic E-state index is 0.249. The molecule has 0 radical (unpaired) electrons. The summed E-state index contributed by atoms with van der Waals surface area (Å²) in [6.45, 7) is 7.07. The molecule has 4 heteroatoms. The highest BCUT2D eigenvalue weighted by Crippen LogP contribution is 2.28. The SMILES string of the molecule is Cc1c(Cl)c(CN2CCC(C)C(N)C2)nc2ccccc12. The first-order valence-electron chi connectivity index (χ1n) is 7.58. The summed E-state index contributed by atoms with van der Waals surface area (Å²) in [6.07, 6.45) is 1.14. The molecule has 2 atom stereocenters. The van der Waals surface area contributed by atoms with E-state index in [2.05, 4.69) is 24.8 Å². The Morgan fingerprint density at radius 2 is 2.14 bits per heavy atom. The van der Waals surface area contributed by atoms with Crippen molar-refractivity contribution in [1.82, 2.24) is 9.88 Å². The summed E-state index contributed by atoms with van der Waals surface area (Å²) in [7, 11) is 0. The summed E-state index contributed by atoms with van der Waals surface area (Å²) >= 11 is 6.54. The molecular weight excluding hydrogens is 282 g/mol. The van der Waals surface area contributed by atoms with Gasteiger partial charge >= 0.3 is 0 Å². The number of aryl methyl sites for hydroxylation is 1. The molecule has 0 saturated carbocycles. The maximum Gasteiger partial charge on any atom is 0.0740 e. The normalized spacial score (nSPS) is 23.6. The number of benzene rings is 1. The second-order valence-electron chi connectivity index (χ2n) is 6.18. The van der Waals surface area contributed by atoms with E-state index in [1.165, 1.54) is 0 Å². The molecule has 1 aromatic carbocycles. The number of hydrogen-bond donors (Lipinski definition) is 1. The van der Waals surface area contributed by atoms with Gasteiger partial charge in [0.2, 0.25) is 0 Å². The number of halogens is 1. The van der Waals surface area contributed by atoms with Crippen molar-refractivity contribution in [3.63, 3.8) is 0 Å². The van der Waals surface area contributed by atoms with Crippen molar-refractivity contribution < 1.29 is 0 Å². The molecule has 0 aliphatic carbocycles. The summed E-state index contributed by atoms with van der Waals surface area (Å²) in [5, 5.41) is 1.93. The molecule has 0 spiro atoms. The number of piperidine rings is 1. The maximum absolute atomic E-state index is 6.54. The van der Waals surface area contributed by atoms with Gasteiger partial charge in [0, 0.05) is 24.5 Å². The quantitative estimate of drug-likeness (QED) is 0.925. The van der Waals surface area contributed by atoms with E-state index in [9.17, 15) is 0 Å². The van der Waals surface area contributed by atoms with E-state index in [0.717, 1.165) is 53.2 Å². The highest BCUT2D eigenvalue weighted by molar-refractivity contribution is 6.32. The van der Waals surface area contributed by atoms with Crippen molar-refractivity contribution in [2.24, 2.45) is 11.7 Å². The second kappa shape index (κ2) is 5.91. The van der Waals surface area contributed by atoms with E-state index in [1.54, 1.807) is 0 Å². The smallest absolute Gasteiger partial charge is 0.0740 e. The van der Waals surface area contributed by atoms with E-state index in [0.29, 0.717) is 5.92 Å². The Bertz CT molecular complexity index is 656. The number of nitrogens with two attached hydrogens (primary N) is 1. The van der Waals surface area contributed by atoms with Crippen molar-refractivity contribution in [1.29, 1.82) is 0 Å². The van der Waals surface area contributed by atoms with E-state index < -0.39 is 0 Å². The van der Waals surface area contributed by atoms with Crippen LogP contribution in [0, 0.1) is 12.8 Å². The molecule has 3 nitrogen and oxygen atoms in total. The molecule has 1 aliphatic rings. The zero-order valence-electron chi connectivity index (χ0n) is 12.6. The fourth-order valence-electron chi connectivity index (χ4n) is 3.05. The minimum atomic E-state index is 0.249. The van der Waals surface area contributed by atoms with Gasteiger partial charge in [-0.25, -0.2) is 4.98 Å². The lowest BCUT2D eigenvalue weighted by Crippen LogP contribution is -2.47. The molecule has 1 fully saturated rings. The molecule has 1 aromatic heterocycles. The molecule has 112 valence electrons. The number of para-hydroxylation sites is 1. The maximum atomic E-state index is 6.54. The van der Waals surface area contributed by atoms with Gasteiger partial charge in [-0.15, -0.1) is 0 Å². The average molecular weight is 304 g/mol. The van der Waals surface area contributed by atoms with Crippen molar-refractivity contribution in [2.75, 3.05) is 13.1 Å². The summed E-state index contributed by atoms with van der Waals surface area (Å²) in [5.74, 6) is 0.600.